The predicted molar refractivity (Wildman–Crippen MR) is 66.1 cm³/mol. The van der Waals surface area contributed by atoms with Crippen molar-refractivity contribution in [3.05, 3.63) is 0 Å². The van der Waals surface area contributed by atoms with Crippen LogP contribution in [-0.2, 0) is 14.3 Å². The van der Waals surface area contributed by atoms with Gasteiger partial charge in [0.15, 0.2) is 0 Å². The van der Waals surface area contributed by atoms with Gasteiger partial charge in [0.05, 0.1) is 12.6 Å². The van der Waals surface area contributed by atoms with Gasteiger partial charge in [-0.3, -0.25) is 0 Å². The molecule has 2 aliphatic heterocycles. The van der Waals surface area contributed by atoms with E-state index in [0.29, 0.717) is 6.54 Å². The highest BCUT2D eigenvalue weighted by molar-refractivity contribution is 5.83. The van der Waals surface area contributed by atoms with E-state index in [0.717, 1.165) is 6.42 Å². The van der Waals surface area contributed by atoms with Crippen LogP contribution >= 0.6 is 0 Å². The van der Waals surface area contributed by atoms with Crippen molar-refractivity contribution in [2.75, 3.05) is 6.54 Å². The third-order valence-electron chi connectivity index (χ3n) is 3.85. The molecule has 102 valence electrons. The summed E-state index contributed by atoms with van der Waals surface area (Å²) < 4.78 is 11.4. The van der Waals surface area contributed by atoms with E-state index in [9.17, 15) is 4.79 Å². The molecule has 0 aliphatic carbocycles. The minimum atomic E-state index is -0.920. The number of esters is 1. The van der Waals surface area contributed by atoms with Gasteiger partial charge in [-0.2, -0.15) is 10.2 Å². The van der Waals surface area contributed by atoms with Gasteiger partial charge >= 0.3 is 5.97 Å². The van der Waals surface area contributed by atoms with Crippen molar-refractivity contribution in [3.63, 3.8) is 0 Å². The molecular formula is C13H22N2O3. The zero-order chi connectivity index (χ0) is 13.6. The maximum Gasteiger partial charge on any atom is 0.341 e. The molecule has 1 spiro atoms. The summed E-state index contributed by atoms with van der Waals surface area (Å²) in [6.07, 6.45) is 0.0359. The fourth-order valence-corrected chi connectivity index (χ4v) is 2.59. The van der Waals surface area contributed by atoms with Crippen molar-refractivity contribution in [1.82, 2.24) is 0 Å². The first-order valence-electron chi connectivity index (χ1n) is 6.57. The van der Waals surface area contributed by atoms with Gasteiger partial charge in [0.2, 0.25) is 11.8 Å². The molecule has 0 aromatic rings. The molecule has 2 heterocycles. The van der Waals surface area contributed by atoms with Gasteiger partial charge in [0.1, 0.15) is 0 Å². The number of carbonyl (C=O) groups is 1. The molecule has 0 aromatic heterocycles. The molecule has 0 radical (unpaired) electrons. The van der Waals surface area contributed by atoms with Crippen LogP contribution in [0.1, 0.15) is 41.0 Å². The third-order valence-corrected chi connectivity index (χ3v) is 3.85. The summed E-state index contributed by atoms with van der Waals surface area (Å²) >= 11 is 0. The van der Waals surface area contributed by atoms with Crippen LogP contribution in [0.25, 0.3) is 0 Å². The van der Waals surface area contributed by atoms with E-state index in [4.69, 9.17) is 9.47 Å². The number of nitrogens with zero attached hydrogens (tertiary/aromatic N) is 2. The molecule has 2 aliphatic rings. The highest BCUT2D eigenvalue weighted by Gasteiger charge is 2.59. The van der Waals surface area contributed by atoms with E-state index in [1.54, 1.807) is 0 Å². The van der Waals surface area contributed by atoms with Crippen molar-refractivity contribution >= 4 is 5.97 Å². The average Bonchev–Trinajstić information content (AvgIpc) is 2.69. The van der Waals surface area contributed by atoms with Crippen LogP contribution in [0, 0.1) is 11.3 Å². The molecule has 0 N–H and O–H groups in total. The topological polar surface area (TPSA) is 60.2 Å². The lowest BCUT2D eigenvalue weighted by molar-refractivity contribution is -0.261. The summed E-state index contributed by atoms with van der Waals surface area (Å²) in [4.78, 5) is 12.4. The zero-order valence-electron chi connectivity index (χ0n) is 11.8. The van der Waals surface area contributed by atoms with Crippen LogP contribution in [0.5, 0.6) is 0 Å². The SMILES string of the molecule is CC[C@@H]1CN=N[C@@]12C(=O)O[C@H](C(C)(C)C)O[C@@H]2C. The number of azo groups is 1. The lowest BCUT2D eigenvalue weighted by Gasteiger charge is -2.44. The van der Waals surface area contributed by atoms with Crippen molar-refractivity contribution in [3.8, 4) is 0 Å². The smallest absolute Gasteiger partial charge is 0.341 e. The minimum absolute atomic E-state index is 0.0842. The second kappa shape index (κ2) is 4.30. The largest absolute Gasteiger partial charge is 0.433 e. The standard InChI is InChI=1S/C13H22N2O3/c1-6-9-7-14-15-13(9)8(2)17-11(12(3,4)5)18-10(13)16/h8-9,11H,6-7H2,1-5H3/t8-,9-,11-,13-/m1/s1. The van der Waals surface area contributed by atoms with Gasteiger partial charge in [-0.05, 0) is 13.3 Å². The Labute approximate surface area is 108 Å². The summed E-state index contributed by atoms with van der Waals surface area (Å²) in [6.45, 7) is 10.5. The fourth-order valence-electron chi connectivity index (χ4n) is 2.59. The Kier molecular flexibility index (Phi) is 3.21. The molecule has 5 heteroatoms. The molecule has 1 saturated heterocycles. The molecule has 0 aromatic carbocycles. The monoisotopic (exact) mass is 254 g/mol. The van der Waals surface area contributed by atoms with Crippen LogP contribution in [0.3, 0.4) is 0 Å². The first-order chi connectivity index (χ1) is 8.32. The molecule has 4 atom stereocenters. The summed E-state index contributed by atoms with van der Waals surface area (Å²) in [5.74, 6) is -0.199. The number of cyclic esters (lactones) is 1. The van der Waals surface area contributed by atoms with E-state index < -0.39 is 11.8 Å². The molecule has 18 heavy (non-hydrogen) atoms. The van der Waals surface area contributed by atoms with Gasteiger partial charge in [0, 0.05) is 11.3 Å². The third kappa shape index (κ3) is 1.85. The normalized spacial score (nSPS) is 40.3. The molecule has 0 unspecified atom stereocenters. The molecule has 2 rings (SSSR count). The van der Waals surface area contributed by atoms with Crippen molar-refractivity contribution in [2.45, 2.75) is 59.0 Å². The quantitative estimate of drug-likeness (QED) is 0.676. The van der Waals surface area contributed by atoms with E-state index in [1.807, 2.05) is 34.6 Å². The van der Waals surface area contributed by atoms with E-state index in [2.05, 4.69) is 10.2 Å². The molecule has 0 amide bonds. The van der Waals surface area contributed by atoms with Gasteiger partial charge in [-0.25, -0.2) is 4.79 Å². The highest BCUT2D eigenvalue weighted by atomic mass is 16.7. The van der Waals surface area contributed by atoms with Crippen LogP contribution in [0.4, 0.5) is 0 Å². The summed E-state index contributed by atoms with van der Waals surface area (Å²) in [5, 5.41) is 8.23. The van der Waals surface area contributed by atoms with Gasteiger partial charge in [0.25, 0.3) is 0 Å². The molecular weight excluding hydrogens is 232 g/mol. The lowest BCUT2D eigenvalue weighted by atomic mass is 9.78. The highest BCUT2D eigenvalue weighted by Crippen LogP contribution is 2.43. The summed E-state index contributed by atoms with van der Waals surface area (Å²) in [6, 6.07) is 0. The first-order valence-corrected chi connectivity index (χ1v) is 6.57. The summed E-state index contributed by atoms with van der Waals surface area (Å²) in [5.41, 5.74) is -1.15. The number of hydrogen-bond acceptors (Lipinski definition) is 5. The fraction of sp³-hybridized carbons (Fsp3) is 0.923. The second-order valence-electron chi connectivity index (χ2n) is 6.24. The van der Waals surface area contributed by atoms with Crippen molar-refractivity contribution in [1.29, 1.82) is 0 Å². The molecule has 0 bridgehead atoms. The Morgan fingerprint density at radius 3 is 2.61 bits per heavy atom. The Morgan fingerprint density at radius 2 is 2.11 bits per heavy atom. The minimum Gasteiger partial charge on any atom is -0.433 e. The zero-order valence-corrected chi connectivity index (χ0v) is 11.8. The summed E-state index contributed by atoms with van der Waals surface area (Å²) in [7, 11) is 0. The van der Waals surface area contributed by atoms with Crippen LogP contribution in [0.15, 0.2) is 10.2 Å². The Hall–Kier alpha value is -0.970. The van der Waals surface area contributed by atoms with Crippen molar-refractivity contribution in [2.24, 2.45) is 21.6 Å². The van der Waals surface area contributed by atoms with Crippen LogP contribution < -0.4 is 0 Å². The maximum atomic E-state index is 12.4. The average molecular weight is 254 g/mol. The molecule has 1 fully saturated rings. The van der Waals surface area contributed by atoms with Gasteiger partial charge < -0.3 is 9.47 Å². The number of ether oxygens (including phenoxy) is 2. The predicted octanol–water partition coefficient (Wildman–Crippen LogP) is 2.55. The lowest BCUT2D eigenvalue weighted by Crippen LogP contribution is -2.60. The molecule has 5 nitrogen and oxygen atoms in total. The van der Waals surface area contributed by atoms with Gasteiger partial charge in [-0.1, -0.05) is 27.7 Å². The first kappa shape index (κ1) is 13.5. The molecule has 0 saturated carbocycles. The number of hydrogen-bond donors (Lipinski definition) is 0. The van der Waals surface area contributed by atoms with Crippen molar-refractivity contribution < 1.29 is 14.3 Å². The van der Waals surface area contributed by atoms with Gasteiger partial charge in [-0.15, -0.1) is 0 Å². The van der Waals surface area contributed by atoms with E-state index >= 15 is 0 Å². The number of rotatable bonds is 1. The van der Waals surface area contributed by atoms with Crippen LogP contribution in [-0.4, -0.2) is 30.4 Å². The Morgan fingerprint density at radius 1 is 1.44 bits per heavy atom. The Balaban J connectivity index is 2.27. The maximum absolute atomic E-state index is 12.4. The van der Waals surface area contributed by atoms with E-state index in [-0.39, 0.29) is 23.4 Å². The Bertz CT molecular complexity index is 375. The van der Waals surface area contributed by atoms with Crippen LogP contribution in [0.2, 0.25) is 0 Å². The number of carbonyl (C=O) groups excluding carboxylic acids is 1. The second-order valence-corrected chi connectivity index (χ2v) is 6.24. The van der Waals surface area contributed by atoms with E-state index in [1.165, 1.54) is 0 Å².